The van der Waals surface area contributed by atoms with Crippen LogP contribution in [0.15, 0.2) is 212 Å². The Bertz CT molecular complexity index is 4250. The smallest absolute Gasteiger partial charge is 0.243 e. The predicted molar refractivity (Wildman–Crippen MR) is 349 cm³/mol. The molecule has 82 heavy (non-hydrogen) atoms. The van der Waals surface area contributed by atoms with E-state index in [1.807, 2.05) is 6.20 Å². The van der Waals surface area contributed by atoms with Crippen molar-refractivity contribution in [3.8, 4) is 50.7 Å². The third-order valence-corrected chi connectivity index (χ3v) is 17.1. The summed E-state index contributed by atoms with van der Waals surface area (Å²) in [5.41, 5.74) is 22.7. The Hall–Kier alpha value is -8.61. The first-order chi connectivity index (χ1) is 39.2. The topological polar surface area (TPSA) is 33.5 Å². The number of aromatic nitrogens is 2. The number of hydrogen-bond donors (Lipinski definition) is 0. The minimum Gasteiger partial charge on any atom is -0.457 e. The largest absolute Gasteiger partial charge is 0.457 e. The van der Waals surface area contributed by atoms with Gasteiger partial charge in [0.1, 0.15) is 24.0 Å². The Labute approximate surface area is 486 Å². The fraction of sp³-hybridized carbons (Fsp3) is 0.224. The van der Waals surface area contributed by atoms with Crippen LogP contribution in [0.2, 0.25) is 0 Å². The molecule has 0 saturated heterocycles. The van der Waals surface area contributed by atoms with Crippen molar-refractivity contribution < 1.29 is 4.74 Å². The van der Waals surface area contributed by atoms with Gasteiger partial charge in [-0.3, -0.25) is 4.57 Å². The highest BCUT2D eigenvalue weighted by Gasteiger charge is 2.37. The number of fused-ring (bicyclic) bond motifs is 1. The van der Waals surface area contributed by atoms with Gasteiger partial charge in [-0.25, -0.2) is 4.98 Å². The average Bonchev–Trinajstić information content (AvgIpc) is 1.89. The van der Waals surface area contributed by atoms with Crippen molar-refractivity contribution in [1.82, 2.24) is 9.55 Å². The summed E-state index contributed by atoms with van der Waals surface area (Å²) in [7, 11) is 0. The summed E-state index contributed by atoms with van der Waals surface area (Å²) in [5, 5.41) is 2.55. The molecule has 0 amide bonds. The van der Waals surface area contributed by atoms with Crippen molar-refractivity contribution in [2.75, 3.05) is 16.5 Å². The van der Waals surface area contributed by atoms with E-state index in [4.69, 9.17) is 9.72 Å². The van der Waals surface area contributed by atoms with Gasteiger partial charge in [0, 0.05) is 45.9 Å². The molecule has 0 fully saturated rings. The molecule has 0 aliphatic carbocycles. The van der Waals surface area contributed by atoms with Crippen molar-refractivity contribution in [2.45, 2.75) is 105 Å². The fourth-order valence-corrected chi connectivity index (χ4v) is 12.6. The van der Waals surface area contributed by atoms with Gasteiger partial charge in [-0.15, -0.1) is 0 Å². The molecule has 13 rings (SSSR count). The van der Waals surface area contributed by atoms with Crippen LogP contribution in [-0.4, -0.2) is 22.9 Å². The average molecular weight is 1070 g/mol. The number of anilines is 4. The van der Waals surface area contributed by atoms with Crippen LogP contribution in [0.3, 0.4) is 0 Å². The standard InChI is InChI=1S/C76H73BN4O/c1-73(2,3)53-36-37-78-69(44-53)81-67-35-23-32-63-70(67)71-64(77(63)57-28-17-14-18-29-57)46-60(47-68(71)81)82-59-31-22-30-58(45-59)79-48-80(66-34-20-19-33-65(66)79)72-61(51-27-21-26-50(38-51)49-24-15-13-16-25-49)42-56(76(10,11)12)43-62(72)52-39-54(74(4,5)6)41-55(40-52)75(7,8)9/h13-47H,48H2,1-12H3. The third-order valence-electron chi connectivity index (χ3n) is 17.1. The highest BCUT2D eigenvalue weighted by Crippen LogP contribution is 2.53. The second-order valence-electron chi connectivity index (χ2n) is 27.0. The van der Waals surface area contributed by atoms with Gasteiger partial charge in [0.05, 0.1) is 28.1 Å². The molecular weight excluding hydrogens is 996 g/mol. The number of para-hydroxylation sites is 2. The van der Waals surface area contributed by atoms with E-state index in [2.05, 4.69) is 304 Å². The van der Waals surface area contributed by atoms with E-state index >= 15 is 0 Å². The minimum atomic E-state index is -0.137. The number of hydrogen-bond acceptors (Lipinski definition) is 4. The first kappa shape index (κ1) is 52.7. The molecule has 11 aromatic rings. The van der Waals surface area contributed by atoms with Gasteiger partial charge < -0.3 is 14.5 Å². The van der Waals surface area contributed by atoms with Crippen LogP contribution < -0.4 is 30.9 Å². The molecule has 0 N–H and O–H groups in total. The zero-order chi connectivity index (χ0) is 57.0. The molecule has 0 radical (unpaired) electrons. The molecule has 5 nitrogen and oxygen atoms in total. The SMILES string of the molecule is CC(C)(C)c1cc(-c2cc(C(C)(C)C)cc(-c3cccc(-c4ccccc4)c3)c2N2CN(c3cccc(Oc4cc5c6c7c(cccc7n(-c7cc(C(C)(C)C)ccn7)c6c4)B5c4ccccc4)c3)c3ccccc32)cc(C(C)(C)C)c1. The first-order valence-corrected chi connectivity index (χ1v) is 29.2. The van der Waals surface area contributed by atoms with Crippen LogP contribution in [0.5, 0.6) is 11.5 Å². The molecule has 2 aliphatic rings. The lowest BCUT2D eigenvalue weighted by Crippen LogP contribution is -2.49. The van der Waals surface area contributed by atoms with Crippen LogP contribution in [0.1, 0.15) is 105 Å². The summed E-state index contributed by atoms with van der Waals surface area (Å²) in [6.07, 6.45) is 1.96. The van der Waals surface area contributed by atoms with Crippen LogP contribution in [-0.2, 0) is 21.7 Å². The highest BCUT2D eigenvalue weighted by atomic mass is 16.5. The van der Waals surface area contributed by atoms with Gasteiger partial charge in [-0.05, 0) is 133 Å². The Morgan fingerprint density at radius 2 is 0.976 bits per heavy atom. The second-order valence-corrected chi connectivity index (χ2v) is 27.0. The normalized spacial score (nSPS) is 13.5. The number of pyridine rings is 1. The van der Waals surface area contributed by atoms with Crippen LogP contribution in [0, 0.1) is 0 Å². The van der Waals surface area contributed by atoms with E-state index in [0.29, 0.717) is 6.67 Å². The molecule has 9 aromatic carbocycles. The Kier molecular flexibility index (Phi) is 12.6. The molecule has 2 aliphatic heterocycles. The van der Waals surface area contributed by atoms with Crippen LogP contribution in [0.4, 0.5) is 22.7 Å². The van der Waals surface area contributed by atoms with Gasteiger partial charge >= 0.3 is 0 Å². The predicted octanol–water partition coefficient (Wildman–Crippen LogP) is 18.2. The minimum absolute atomic E-state index is 0.0431. The Balaban J connectivity index is 0.963. The lowest BCUT2D eigenvalue weighted by atomic mass is 9.38. The summed E-state index contributed by atoms with van der Waals surface area (Å²) >= 11 is 0. The monoisotopic (exact) mass is 1070 g/mol. The van der Waals surface area contributed by atoms with Gasteiger partial charge in [0.25, 0.3) is 0 Å². The van der Waals surface area contributed by atoms with Crippen molar-refractivity contribution in [1.29, 1.82) is 0 Å². The third kappa shape index (κ3) is 9.36. The Morgan fingerprint density at radius 1 is 0.402 bits per heavy atom. The molecular formula is C76H73BN4O. The summed E-state index contributed by atoms with van der Waals surface area (Å²) < 4.78 is 9.57. The summed E-state index contributed by atoms with van der Waals surface area (Å²) in [4.78, 5) is 10.1. The molecule has 2 aromatic heterocycles. The lowest BCUT2D eigenvalue weighted by Gasteiger charge is -2.32. The van der Waals surface area contributed by atoms with Crippen molar-refractivity contribution in [3.63, 3.8) is 0 Å². The van der Waals surface area contributed by atoms with Crippen molar-refractivity contribution in [3.05, 3.63) is 235 Å². The van der Waals surface area contributed by atoms with E-state index in [9.17, 15) is 0 Å². The van der Waals surface area contributed by atoms with Crippen LogP contribution >= 0.6 is 0 Å². The molecule has 0 saturated carbocycles. The number of ether oxygens (including phenoxy) is 1. The summed E-state index contributed by atoms with van der Waals surface area (Å²) in [6.45, 7) is 28.5. The molecule has 4 heterocycles. The van der Waals surface area contributed by atoms with Gasteiger partial charge in [-0.2, -0.15) is 0 Å². The maximum atomic E-state index is 7.21. The van der Waals surface area contributed by atoms with Crippen molar-refractivity contribution >= 4 is 67.7 Å². The van der Waals surface area contributed by atoms with E-state index < -0.39 is 0 Å². The zero-order valence-corrected chi connectivity index (χ0v) is 49.7. The van der Waals surface area contributed by atoms with Gasteiger partial charge in [-0.1, -0.05) is 227 Å². The summed E-state index contributed by atoms with van der Waals surface area (Å²) in [6, 6.07) is 76.5. The molecule has 0 atom stereocenters. The zero-order valence-electron chi connectivity index (χ0n) is 49.7. The van der Waals surface area contributed by atoms with Crippen LogP contribution in [0.25, 0.3) is 61.0 Å². The van der Waals surface area contributed by atoms with Gasteiger partial charge in [0.2, 0.25) is 6.71 Å². The summed E-state index contributed by atoms with van der Waals surface area (Å²) in [5.74, 6) is 2.47. The number of benzene rings is 9. The van der Waals surface area contributed by atoms with Gasteiger partial charge in [0.15, 0.2) is 0 Å². The first-order valence-electron chi connectivity index (χ1n) is 29.2. The van der Waals surface area contributed by atoms with Crippen molar-refractivity contribution in [2.24, 2.45) is 0 Å². The van der Waals surface area contributed by atoms with E-state index in [1.54, 1.807) is 0 Å². The second kappa shape index (κ2) is 19.5. The van der Waals surface area contributed by atoms with E-state index in [-0.39, 0.29) is 28.4 Å². The van der Waals surface area contributed by atoms with E-state index in [0.717, 1.165) is 45.4 Å². The molecule has 0 unspecified atom stereocenters. The quantitative estimate of drug-likeness (QED) is 0.135. The maximum absolute atomic E-state index is 7.21. The molecule has 6 heteroatoms. The fourth-order valence-electron chi connectivity index (χ4n) is 12.6. The molecule has 0 bridgehead atoms. The highest BCUT2D eigenvalue weighted by molar-refractivity contribution is 7.01. The van der Waals surface area contributed by atoms with E-state index in [1.165, 1.54) is 88.5 Å². The number of rotatable bonds is 9. The molecule has 406 valence electrons. The lowest BCUT2D eigenvalue weighted by molar-refractivity contribution is 0.484. The maximum Gasteiger partial charge on any atom is 0.243 e. The number of nitrogens with zero attached hydrogens (tertiary/aromatic N) is 4. The molecule has 0 spiro atoms. The Morgan fingerprint density at radius 3 is 1.66 bits per heavy atom.